The molecule has 0 saturated heterocycles. The quantitative estimate of drug-likeness (QED) is 0.0683. The number of unbranched alkanes of at least 4 members (excludes halogenated alkanes) is 14. The first-order valence-electron chi connectivity index (χ1n) is 15.7. The third kappa shape index (κ3) is 12.9. The van der Waals surface area contributed by atoms with E-state index in [-0.39, 0.29) is 0 Å². The molecule has 0 spiro atoms. The second kappa shape index (κ2) is 20.0. The van der Waals surface area contributed by atoms with E-state index < -0.39 is 0 Å². The van der Waals surface area contributed by atoms with E-state index in [1.165, 1.54) is 111 Å². The van der Waals surface area contributed by atoms with Crippen LogP contribution in [0.25, 0.3) is 20.9 Å². The SMILES string of the molecule is CCCCCCCCCCOc1ccc(-c2cc(-c3ccc(OCCCCCCCCCC)cc3)[s+]s2)cc1. The molecule has 0 aliphatic rings. The van der Waals surface area contributed by atoms with Crippen LogP contribution in [0.1, 0.15) is 117 Å². The summed E-state index contributed by atoms with van der Waals surface area (Å²) in [5.41, 5.74) is 2.51. The first-order chi connectivity index (χ1) is 19.3. The van der Waals surface area contributed by atoms with E-state index in [9.17, 15) is 0 Å². The van der Waals surface area contributed by atoms with E-state index in [1.807, 2.05) is 20.7 Å². The van der Waals surface area contributed by atoms with Crippen LogP contribution in [0.15, 0.2) is 54.6 Å². The van der Waals surface area contributed by atoms with Gasteiger partial charge in [-0.25, -0.2) is 0 Å². The Morgan fingerprint density at radius 3 is 1.38 bits per heavy atom. The largest absolute Gasteiger partial charge is 0.494 e. The van der Waals surface area contributed by atoms with E-state index in [4.69, 9.17) is 9.47 Å². The van der Waals surface area contributed by atoms with Crippen molar-refractivity contribution < 1.29 is 9.47 Å². The lowest BCUT2D eigenvalue weighted by atomic mass is 10.1. The molecule has 0 saturated carbocycles. The minimum Gasteiger partial charge on any atom is -0.494 e. The average molecular weight is 568 g/mol. The number of ether oxygens (including phenoxy) is 2. The van der Waals surface area contributed by atoms with E-state index in [2.05, 4.69) is 68.4 Å². The van der Waals surface area contributed by atoms with E-state index >= 15 is 0 Å². The number of hydrogen-bond acceptors (Lipinski definition) is 3. The van der Waals surface area contributed by atoms with Gasteiger partial charge >= 0.3 is 10.3 Å². The van der Waals surface area contributed by atoms with Crippen LogP contribution in [0.5, 0.6) is 11.5 Å². The molecule has 2 aromatic carbocycles. The predicted octanol–water partition coefficient (Wildman–Crippen LogP) is 12.5. The van der Waals surface area contributed by atoms with E-state index in [1.54, 1.807) is 0 Å². The molecule has 3 rings (SSSR count). The Morgan fingerprint density at radius 2 is 0.923 bits per heavy atom. The summed E-state index contributed by atoms with van der Waals surface area (Å²) in [7, 11) is 3.68. The second-order valence-electron chi connectivity index (χ2n) is 10.7. The van der Waals surface area contributed by atoms with Crippen LogP contribution in [0.3, 0.4) is 0 Å². The molecule has 0 amide bonds. The summed E-state index contributed by atoms with van der Waals surface area (Å²) >= 11 is 0. The molecule has 39 heavy (non-hydrogen) atoms. The van der Waals surface area contributed by atoms with Crippen LogP contribution < -0.4 is 9.47 Å². The van der Waals surface area contributed by atoms with Crippen molar-refractivity contribution >= 4 is 20.7 Å². The molecule has 1 aromatic heterocycles. The molecule has 2 nitrogen and oxygen atoms in total. The van der Waals surface area contributed by atoms with Gasteiger partial charge in [-0.2, -0.15) is 0 Å². The molecule has 0 bridgehead atoms. The van der Waals surface area contributed by atoms with Crippen molar-refractivity contribution in [3.63, 3.8) is 0 Å². The molecule has 4 heteroatoms. The molecule has 0 atom stereocenters. The number of rotatable bonds is 22. The van der Waals surface area contributed by atoms with Crippen molar-refractivity contribution in [1.29, 1.82) is 0 Å². The van der Waals surface area contributed by atoms with Gasteiger partial charge in [0.15, 0.2) is 10.3 Å². The summed E-state index contributed by atoms with van der Waals surface area (Å²) in [4.78, 5) is 2.61. The van der Waals surface area contributed by atoms with Crippen molar-refractivity contribution in [2.24, 2.45) is 0 Å². The highest BCUT2D eigenvalue weighted by Gasteiger charge is 2.17. The van der Waals surface area contributed by atoms with Gasteiger partial charge in [-0.15, -0.1) is 0 Å². The number of hydrogen-bond donors (Lipinski definition) is 0. The van der Waals surface area contributed by atoms with Crippen LogP contribution in [0, 0.1) is 0 Å². The lowest BCUT2D eigenvalue weighted by Crippen LogP contribution is -1.97. The molecule has 0 N–H and O–H groups in total. The lowest BCUT2D eigenvalue weighted by Gasteiger charge is -2.07. The predicted molar refractivity (Wildman–Crippen MR) is 174 cm³/mol. The highest BCUT2D eigenvalue weighted by molar-refractivity contribution is 7.72. The molecule has 0 aliphatic heterocycles. The van der Waals surface area contributed by atoms with Crippen molar-refractivity contribution in [1.82, 2.24) is 0 Å². The summed E-state index contributed by atoms with van der Waals surface area (Å²) in [5, 5.41) is 0. The van der Waals surface area contributed by atoms with Crippen molar-refractivity contribution in [2.75, 3.05) is 13.2 Å². The molecule has 0 radical (unpaired) electrons. The van der Waals surface area contributed by atoms with Crippen LogP contribution >= 0.6 is 20.7 Å². The molecular formula is C35H51O2S2+. The molecule has 1 heterocycles. The molecule has 214 valence electrons. The second-order valence-corrected chi connectivity index (χ2v) is 12.9. The lowest BCUT2D eigenvalue weighted by molar-refractivity contribution is 0.304. The Kier molecular flexibility index (Phi) is 16.2. The molecule has 0 unspecified atom stereocenters. The Bertz CT molecular complexity index is 914. The maximum Gasteiger partial charge on any atom is 0.301 e. The van der Waals surface area contributed by atoms with Crippen molar-refractivity contribution in [3.8, 4) is 32.4 Å². The van der Waals surface area contributed by atoms with Crippen LogP contribution in [0.4, 0.5) is 0 Å². The minimum absolute atomic E-state index is 0.818. The summed E-state index contributed by atoms with van der Waals surface area (Å²) in [6.07, 6.45) is 21.2. The van der Waals surface area contributed by atoms with Gasteiger partial charge in [0.1, 0.15) is 11.5 Å². The van der Waals surface area contributed by atoms with Gasteiger partial charge < -0.3 is 9.47 Å². The average Bonchev–Trinajstić information content (AvgIpc) is 3.46. The standard InChI is InChI=1S/C35H51O2S2/c1-3-5-7-9-11-13-15-17-27-36-32-23-19-30(20-24-32)34-29-35(39-38-34)31-21-25-33(26-22-31)37-28-18-16-14-12-10-8-6-4-2/h19-26,29H,3-18,27-28H2,1-2H3/q+1. The smallest absolute Gasteiger partial charge is 0.301 e. The minimum atomic E-state index is 0.818. The van der Waals surface area contributed by atoms with Gasteiger partial charge in [0, 0.05) is 11.6 Å². The molecular weight excluding hydrogens is 517 g/mol. The monoisotopic (exact) mass is 567 g/mol. The third-order valence-electron chi connectivity index (χ3n) is 7.29. The summed E-state index contributed by atoms with van der Waals surface area (Å²) in [5.74, 6) is 1.95. The highest BCUT2D eigenvalue weighted by atomic mass is 32.9. The van der Waals surface area contributed by atoms with Crippen molar-refractivity contribution in [2.45, 2.75) is 117 Å². The normalized spacial score (nSPS) is 11.1. The first-order valence-corrected chi connectivity index (χ1v) is 17.8. The molecule has 0 fully saturated rings. The van der Waals surface area contributed by atoms with Gasteiger partial charge in [0.2, 0.25) is 0 Å². The zero-order valence-corrected chi connectivity index (χ0v) is 26.2. The van der Waals surface area contributed by atoms with Crippen molar-refractivity contribution in [3.05, 3.63) is 54.6 Å². The van der Waals surface area contributed by atoms with E-state index in [0.717, 1.165) is 37.6 Å². The fraction of sp³-hybridized carbons (Fsp3) is 0.571. The summed E-state index contributed by atoms with van der Waals surface area (Å²) in [6, 6.07) is 19.5. The highest BCUT2D eigenvalue weighted by Crippen LogP contribution is 2.38. The first kappa shape index (κ1) is 31.6. The van der Waals surface area contributed by atoms with E-state index in [0.29, 0.717) is 0 Å². The van der Waals surface area contributed by atoms with Crippen LogP contribution in [0.2, 0.25) is 0 Å². The fourth-order valence-corrected chi connectivity index (χ4v) is 7.26. The Labute approximate surface area is 246 Å². The Hall–Kier alpha value is -1.91. The maximum atomic E-state index is 5.99. The summed E-state index contributed by atoms with van der Waals surface area (Å²) in [6.45, 7) is 6.18. The van der Waals surface area contributed by atoms with Crippen LogP contribution in [-0.4, -0.2) is 13.2 Å². The molecule has 0 aliphatic carbocycles. The van der Waals surface area contributed by atoms with Crippen LogP contribution in [-0.2, 0) is 0 Å². The fourth-order valence-electron chi connectivity index (χ4n) is 4.80. The van der Waals surface area contributed by atoms with Gasteiger partial charge in [-0.3, -0.25) is 0 Å². The third-order valence-corrected chi connectivity index (χ3v) is 9.77. The molecule has 3 aromatic rings. The zero-order chi connectivity index (χ0) is 27.4. The summed E-state index contributed by atoms with van der Waals surface area (Å²) < 4.78 is 12.0. The topological polar surface area (TPSA) is 18.5 Å². The maximum absolute atomic E-state index is 5.99. The van der Waals surface area contributed by atoms with Gasteiger partial charge in [-0.1, -0.05) is 104 Å². The zero-order valence-electron chi connectivity index (χ0n) is 24.6. The Balaban J connectivity index is 1.33. The Morgan fingerprint density at radius 1 is 0.513 bits per heavy atom. The van der Waals surface area contributed by atoms with Gasteiger partial charge in [-0.05, 0) is 66.9 Å². The number of benzene rings is 2. The van der Waals surface area contributed by atoms with Gasteiger partial charge in [0.25, 0.3) is 4.88 Å². The van der Waals surface area contributed by atoms with Gasteiger partial charge in [0.05, 0.1) is 18.1 Å².